The van der Waals surface area contributed by atoms with Crippen LogP contribution in [0.2, 0.25) is 0 Å². The Balaban J connectivity index is 2.55. The summed E-state index contributed by atoms with van der Waals surface area (Å²) < 4.78 is 0. The fourth-order valence-corrected chi connectivity index (χ4v) is 2.05. The zero-order valence-corrected chi connectivity index (χ0v) is 10.5. The summed E-state index contributed by atoms with van der Waals surface area (Å²) in [4.78, 5) is 13.7. The molecule has 90 valence electrons. The van der Waals surface area contributed by atoms with Crippen LogP contribution in [0, 0.1) is 17.8 Å². The molecular weight excluding hydrogens is 200 g/mol. The molecule has 0 unspecified atom stereocenters. The minimum atomic E-state index is -0.0315. The van der Waals surface area contributed by atoms with E-state index in [0.29, 0.717) is 5.92 Å². The van der Waals surface area contributed by atoms with Crippen LogP contribution in [0.1, 0.15) is 33.6 Å². The summed E-state index contributed by atoms with van der Waals surface area (Å²) in [5.41, 5.74) is 0. The second kappa shape index (κ2) is 6.55. The van der Waals surface area contributed by atoms with Gasteiger partial charge >= 0.3 is 0 Å². The van der Waals surface area contributed by atoms with E-state index in [1.54, 1.807) is 6.92 Å². The van der Waals surface area contributed by atoms with Gasteiger partial charge in [0.15, 0.2) is 0 Å². The highest BCUT2D eigenvalue weighted by molar-refractivity contribution is 5.93. The Labute approximate surface area is 98.6 Å². The molecule has 0 spiro atoms. The molecule has 0 aliphatic carbocycles. The summed E-state index contributed by atoms with van der Waals surface area (Å²) in [5.74, 6) is 5.92. The van der Waals surface area contributed by atoms with Crippen LogP contribution in [0.4, 0.5) is 0 Å². The highest BCUT2D eigenvalue weighted by atomic mass is 16.2. The molecule has 0 radical (unpaired) electrons. The molecule has 3 heteroatoms. The monoisotopic (exact) mass is 222 g/mol. The summed E-state index contributed by atoms with van der Waals surface area (Å²) in [6.45, 7) is 8.81. The molecule has 1 aliphatic rings. The predicted octanol–water partition coefficient (Wildman–Crippen LogP) is 1.25. The van der Waals surface area contributed by atoms with Gasteiger partial charge < -0.3 is 10.2 Å². The van der Waals surface area contributed by atoms with Crippen LogP contribution in [-0.2, 0) is 4.79 Å². The molecular formula is C13H22N2O. The second-order valence-electron chi connectivity index (χ2n) is 4.62. The average molecular weight is 222 g/mol. The molecule has 0 saturated carbocycles. The topological polar surface area (TPSA) is 32.3 Å². The quantitative estimate of drug-likeness (QED) is 0.729. The summed E-state index contributed by atoms with van der Waals surface area (Å²) in [6, 6.07) is 0.239. The maximum atomic E-state index is 11.8. The van der Waals surface area contributed by atoms with Crippen LogP contribution in [0.3, 0.4) is 0 Å². The number of carbonyl (C=O) groups is 1. The molecule has 0 bridgehead atoms. The third-order valence-electron chi connectivity index (χ3n) is 3.03. The highest BCUT2D eigenvalue weighted by Crippen LogP contribution is 2.15. The molecule has 1 amide bonds. The molecule has 1 heterocycles. The second-order valence-corrected chi connectivity index (χ2v) is 4.62. The van der Waals surface area contributed by atoms with E-state index >= 15 is 0 Å². The van der Waals surface area contributed by atoms with Crippen molar-refractivity contribution in [3.05, 3.63) is 0 Å². The summed E-state index contributed by atoms with van der Waals surface area (Å²) in [5, 5.41) is 3.34. The van der Waals surface area contributed by atoms with E-state index < -0.39 is 0 Å². The Morgan fingerprint density at radius 3 is 2.56 bits per heavy atom. The Hall–Kier alpha value is -1.01. The molecule has 0 atom stereocenters. The van der Waals surface area contributed by atoms with Gasteiger partial charge in [0.05, 0.1) is 0 Å². The Morgan fingerprint density at radius 1 is 1.44 bits per heavy atom. The van der Waals surface area contributed by atoms with Crippen molar-refractivity contribution in [3.63, 3.8) is 0 Å². The molecule has 0 aromatic rings. The van der Waals surface area contributed by atoms with Crippen LogP contribution in [0.15, 0.2) is 0 Å². The highest BCUT2D eigenvalue weighted by Gasteiger charge is 2.21. The van der Waals surface area contributed by atoms with Crippen LogP contribution in [0.5, 0.6) is 0 Å². The van der Waals surface area contributed by atoms with Crippen molar-refractivity contribution >= 4 is 5.91 Å². The van der Waals surface area contributed by atoms with Crippen molar-refractivity contribution in [2.75, 3.05) is 19.6 Å². The zero-order chi connectivity index (χ0) is 12.0. The number of hydrogen-bond acceptors (Lipinski definition) is 2. The van der Waals surface area contributed by atoms with Gasteiger partial charge in [0, 0.05) is 12.6 Å². The van der Waals surface area contributed by atoms with Gasteiger partial charge in [0.2, 0.25) is 0 Å². The van der Waals surface area contributed by atoms with E-state index in [1.165, 1.54) is 0 Å². The van der Waals surface area contributed by atoms with Gasteiger partial charge in [-0.2, -0.15) is 0 Å². The number of rotatable bonds is 3. The molecule has 1 N–H and O–H groups in total. The Bertz CT molecular complexity index is 282. The van der Waals surface area contributed by atoms with Gasteiger partial charge in [-0.15, -0.1) is 0 Å². The van der Waals surface area contributed by atoms with Crippen molar-refractivity contribution in [3.8, 4) is 11.8 Å². The third-order valence-corrected chi connectivity index (χ3v) is 3.03. The van der Waals surface area contributed by atoms with E-state index in [9.17, 15) is 4.79 Å². The fourth-order valence-electron chi connectivity index (χ4n) is 2.05. The predicted molar refractivity (Wildman–Crippen MR) is 65.9 cm³/mol. The van der Waals surface area contributed by atoms with E-state index in [0.717, 1.165) is 32.5 Å². The van der Waals surface area contributed by atoms with Crippen molar-refractivity contribution in [1.29, 1.82) is 0 Å². The summed E-state index contributed by atoms with van der Waals surface area (Å²) in [6.07, 6.45) is 2.33. The lowest BCUT2D eigenvalue weighted by Crippen LogP contribution is -2.42. The van der Waals surface area contributed by atoms with E-state index in [4.69, 9.17) is 0 Å². The van der Waals surface area contributed by atoms with Crippen LogP contribution in [-0.4, -0.2) is 36.5 Å². The van der Waals surface area contributed by atoms with E-state index in [2.05, 4.69) is 31.0 Å². The number of nitrogens with zero attached hydrogens (tertiary/aromatic N) is 1. The molecule has 1 rings (SSSR count). The number of amides is 1. The van der Waals surface area contributed by atoms with E-state index in [-0.39, 0.29) is 11.9 Å². The van der Waals surface area contributed by atoms with Gasteiger partial charge in [-0.3, -0.25) is 4.79 Å². The Morgan fingerprint density at radius 2 is 2.06 bits per heavy atom. The maximum absolute atomic E-state index is 11.8. The molecule has 3 nitrogen and oxygen atoms in total. The minimum absolute atomic E-state index is 0.0315. The van der Waals surface area contributed by atoms with Gasteiger partial charge in [0.1, 0.15) is 0 Å². The number of nitrogens with one attached hydrogen (secondary N) is 1. The number of carbonyl (C=O) groups excluding carboxylic acids is 1. The van der Waals surface area contributed by atoms with Crippen molar-refractivity contribution < 1.29 is 4.79 Å². The van der Waals surface area contributed by atoms with Crippen molar-refractivity contribution in [2.24, 2.45) is 5.92 Å². The van der Waals surface area contributed by atoms with Gasteiger partial charge in [0.25, 0.3) is 5.91 Å². The summed E-state index contributed by atoms with van der Waals surface area (Å²) >= 11 is 0. The first kappa shape index (κ1) is 13.1. The average Bonchev–Trinajstić information content (AvgIpc) is 2.27. The van der Waals surface area contributed by atoms with E-state index in [1.807, 2.05) is 4.90 Å². The van der Waals surface area contributed by atoms with Gasteiger partial charge in [-0.05, 0) is 58.5 Å². The number of hydrogen-bond donors (Lipinski definition) is 1. The zero-order valence-electron chi connectivity index (χ0n) is 10.5. The molecule has 1 saturated heterocycles. The molecule has 1 aliphatic heterocycles. The van der Waals surface area contributed by atoms with Crippen LogP contribution < -0.4 is 5.32 Å². The molecule has 0 aromatic carbocycles. The number of piperidine rings is 1. The SMILES string of the molecule is CC#CC(=O)N(CC1CCNCC1)C(C)C. The van der Waals surface area contributed by atoms with Crippen LogP contribution >= 0.6 is 0 Å². The lowest BCUT2D eigenvalue weighted by Gasteiger charge is -2.31. The molecule has 0 aromatic heterocycles. The Kier molecular flexibility index (Phi) is 5.34. The maximum Gasteiger partial charge on any atom is 0.298 e. The molecule has 1 fully saturated rings. The third kappa shape index (κ3) is 3.86. The molecule has 16 heavy (non-hydrogen) atoms. The first-order valence-corrected chi connectivity index (χ1v) is 6.09. The van der Waals surface area contributed by atoms with Crippen LogP contribution in [0.25, 0.3) is 0 Å². The smallest absolute Gasteiger partial charge is 0.298 e. The normalized spacial score (nSPS) is 16.8. The van der Waals surface area contributed by atoms with Gasteiger partial charge in [-0.25, -0.2) is 0 Å². The fraction of sp³-hybridized carbons (Fsp3) is 0.769. The van der Waals surface area contributed by atoms with Gasteiger partial charge in [-0.1, -0.05) is 5.92 Å². The summed E-state index contributed by atoms with van der Waals surface area (Å²) in [7, 11) is 0. The lowest BCUT2D eigenvalue weighted by atomic mass is 9.97. The standard InChI is InChI=1S/C13H22N2O/c1-4-5-13(16)15(11(2)3)10-12-6-8-14-9-7-12/h11-12,14H,6-10H2,1-3H3. The lowest BCUT2D eigenvalue weighted by molar-refractivity contribution is -0.127. The largest absolute Gasteiger partial charge is 0.329 e. The van der Waals surface area contributed by atoms with Crippen molar-refractivity contribution in [2.45, 2.75) is 39.7 Å². The first-order chi connectivity index (χ1) is 7.65. The first-order valence-electron chi connectivity index (χ1n) is 6.09. The van der Waals surface area contributed by atoms with Crippen molar-refractivity contribution in [1.82, 2.24) is 10.2 Å². The minimum Gasteiger partial charge on any atom is -0.329 e.